The SMILES string of the molecule is CCN1CCCC1CNC(=NC)NCCCOC(C)c1ccccc1. The fraction of sp³-hybridized carbons (Fsp3) is 0.650. The van der Waals surface area contributed by atoms with Crippen molar-refractivity contribution >= 4 is 5.96 Å². The van der Waals surface area contributed by atoms with Gasteiger partial charge < -0.3 is 15.4 Å². The molecule has 2 unspecified atom stereocenters. The molecule has 25 heavy (non-hydrogen) atoms. The van der Waals surface area contributed by atoms with Crippen molar-refractivity contribution in [2.24, 2.45) is 4.99 Å². The second-order valence-electron chi connectivity index (χ2n) is 6.58. The van der Waals surface area contributed by atoms with Crippen LogP contribution in [0.5, 0.6) is 0 Å². The summed E-state index contributed by atoms with van der Waals surface area (Å²) in [5, 5.41) is 6.84. The predicted octanol–water partition coefficient (Wildman–Crippen LogP) is 2.80. The maximum Gasteiger partial charge on any atom is 0.191 e. The van der Waals surface area contributed by atoms with Gasteiger partial charge in [-0.1, -0.05) is 37.3 Å². The molecule has 1 aliphatic heterocycles. The molecule has 0 amide bonds. The molecule has 0 spiro atoms. The van der Waals surface area contributed by atoms with Crippen LogP contribution in [0.3, 0.4) is 0 Å². The van der Waals surface area contributed by atoms with Gasteiger partial charge in [0.25, 0.3) is 0 Å². The minimum absolute atomic E-state index is 0.140. The number of hydrogen-bond acceptors (Lipinski definition) is 3. The number of hydrogen-bond donors (Lipinski definition) is 2. The number of likely N-dealkylation sites (tertiary alicyclic amines) is 1. The van der Waals surface area contributed by atoms with Crippen molar-refractivity contribution < 1.29 is 4.74 Å². The van der Waals surface area contributed by atoms with Crippen LogP contribution in [-0.4, -0.2) is 56.7 Å². The van der Waals surface area contributed by atoms with Gasteiger partial charge in [0.05, 0.1) is 6.10 Å². The molecule has 140 valence electrons. The van der Waals surface area contributed by atoms with Gasteiger partial charge in [0.1, 0.15) is 0 Å². The Hall–Kier alpha value is -1.59. The van der Waals surface area contributed by atoms with E-state index in [0.717, 1.165) is 38.6 Å². The maximum atomic E-state index is 5.91. The predicted molar refractivity (Wildman–Crippen MR) is 105 cm³/mol. The summed E-state index contributed by atoms with van der Waals surface area (Å²) in [5.74, 6) is 0.888. The van der Waals surface area contributed by atoms with Crippen LogP contribution in [0.4, 0.5) is 0 Å². The number of rotatable bonds is 9. The van der Waals surface area contributed by atoms with Crippen molar-refractivity contribution in [2.45, 2.75) is 45.3 Å². The standard InChI is InChI=1S/C20H34N4O/c1-4-24-14-8-12-19(24)16-23-20(21-3)22-13-9-15-25-17(2)18-10-6-5-7-11-18/h5-7,10-11,17,19H,4,8-9,12-16H2,1-3H3,(H2,21,22,23). The molecule has 2 atom stereocenters. The topological polar surface area (TPSA) is 48.9 Å². The van der Waals surface area contributed by atoms with Crippen LogP contribution in [0.15, 0.2) is 35.3 Å². The highest BCUT2D eigenvalue weighted by Gasteiger charge is 2.22. The number of nitrogens with one attached hydrogen (secondary N) is 2. The Bertz CT molecular complexity index is 506. The third-order valence-electron chi connectivity index (χ3n) is 4.88. The number of nitrogens with zero attached hydrogens (tertiary/aromatic N) is 2. The molecule has 0 aliphatic carbocycles. The summed E-state index contributed by atoms with van der Waals surface area (Å²) in [5.41, 5.74) is 1.23. The van der Waals surface area contributed by atoms with Gasteiger partial charge in [0.15, 0.2) is 5.96 Å². The average molecular weight is 347 g/mol. The lowest BCUT2D eigenvalue weighted by molar-refractivity contribution is 0.0646. The van der Waals surface area contributed by atoms with Crippen LogP contribution in [0.25, 0.3) is 0 Å². The fourth-order valence-corrected chi connectivity index (χ4v) is 3.34. The largest absolute Gasteiger partial charge is 0.374 e. The van der Waals surface area contributed by atoms with E-state index in [1.807, 2.05) is 13.1 Å². The average Bonchev–Trinajstić information content (AvgIpc) is 3.12. The lowest BCUT2D eigenvalue weighted by Crippen LogP contribution is -2.45. The van der Waals surface area contributed by atoms with Crippen LogP contribution in [-0.2, 0) is 4.74 Å². The Morgan fingerprint density at radius 3 is 2.84 bits per heavy atom. The van der Waals surface area contributed by atoms with E-state index < -0.39 is 0 Å². The normalized spacial score (nSPS) is 19.8. The molecular formula is C20H34N4O. The molecule has 0 radical (unpaired) electrons. The van der Waals surface area contributed by atoms with Crippen LogP contribution in [0.1, 0.15) is 44.8 Å². The molecular weight excluding hydrogens is 312 g/mol. The summed E-state index contributed by atoms with van der Waals surface area (Å²) in [7, 11) is 1.83. The smallest absolute Gasteiger partial charge is 0.191 e. The van der Waals surface area contributed by atoms with Crippen LogP contribution in [0, 0.1) is 0 Å². The highest BCUT2D eigenvalue weighted by atomic mass is 16.5. The van der Waals surface area contributed by atoms with Crippen molar-refractivity contribution in [2.75, 3.05) is 39.8 Å². The van der Waals surface area contributed by atoms with E-state index in [4.69, 9.17) is 4.74 Å². The zero-order valence-corrected chi connectivity index (χ0v) is 16.0. The van der Waals surface area contributed by atoms with E-state index in [-0.39, 0.29) is 6.10 Å². The van der Waals surface area contributed by atoms with Crippen molar-refractivity contribution in [3.63, 3.8) is 0 Å². The number of ether oxygens (including phenoxy) is 1. The van der Waals surface area contributed by atoms with Crippen LogP contribution >= 0.6 is 0 Å². The summed E-state index contributed by atoms with van der Waals surface area (Å²) < 4.78 is 5.91. The van der Waals surface area contributed by atoms with Crippen LogP contribution < -0.4 is 10.6 Å². The highest BCUT2D eigenvalue weighted by Crippen LogP contribution is 2.16. The summed E-state index contributed by atoms with van der Waals surface area (Å²) in [6.45, 7) is 9.28. The zero-order valence-electron chi connectivity index (χ0n) is 16.0. The first-order valence-corrected chi connectivity index (χ1v) is 9.59. The molecule has 0 aromatic heterocycles. The van der Waals surface area contributed by atoms with Gasteiger partial charge in [-0.05, 0) is 44.8 Å². The van der Waals surface area contributed by atoms with Gasteiger partial charge in [0.2, 0.25) is 0 Å². The number of guanidine groups is 1. The maximum absolute atomic E-state index is 5.91. The van der Waals surface area contributed by atoms with E-state index in [0.29, 0.717) is 6.04 Å². The molecule has 1 saturated heterocycles. The van der Waals surface area contributed by atoms with Crippen LogP contribution in [0.2, 0.25) is 0 Å². The highest BCUT2D eigenvalue weighted by molar-refractivity contribution is 5.79. The molecule has 1 heterocycles. The summed E-state index contributed by atoms with van der Waals surface area (Å²) in [4.78, 5) is 6.86. The minimum atomic E-state index is 0.140. The van der Waals surface area contributed by atoms with E-state index >= 15 is 0 Å². The second kappa shape index (κ2) is 11.1. The number of benzene rings is 1. The molecule has 1 fully saturated rings. The summed E-state index contributed by atoms with van der Waals surface area (Å²) >= 11 is 0. The molecule has 0 saturated carbocycles. The first-order chi connectivity index (χ1) is 12.2. The molecule has 1 aromatic carbocycles. The molecule has 5 nitrogen and oxygen atoms in total. The Morgan fingerprint density at radius 2 is 2.12 bits per heavy atom. The molecule has 2 N–H and O–H groups in total. The third kappa shape index (κ3) is 6.67. The van der Waals surface area contributed by atoms with Crippen molar-refractivity contribution in [3.8, 4) is 0 Å². The van der Waals surface area contributed by atoms with Crippen molar-refractivity contribution in [1.82, 2.24) is 15.5 Å². The zero-order chi connectivity index (χ0) is 17.9. The van der Waals surface area contributed by atoms with E-state index in [1.54, 1.807) is 0 Å². The van der Waals surface area contributed by atoms with E-state index in [9.17, 15) is 0 Å². The summed E-state index contributed by atoms with van der Waals surface area (Å²) in [6.07, 6.45) is 3.69. The van der Waals surface area contributed by atoms with Crippen molar-refractivity contribution in [1.29, 1.82) is 0 Å². The van der Waals surface area contributed by atoms with Gasteiger partial charge in [-0.3, -0.25) is 9.89 Å². The molecule has 1 aromatic rings. The van der Waals surface area contributed by atoms with Gasteiger partial charge in [-0.15, -0.1) is 0 Å². The first-order valence-electron chi connectivity index (χ1n) is 9.59. The Morgan fingerprint density at radius 1 is 1.32 bits per heavy atom. The van der Waals surface area contributed by atoms with Gasteiger partial charge in [-0.2, -0.15) is 0 Å². The van der Waals surface area contributed by atoms with Gasteiger partial charge >= 0.3 is 0 Å². The molecule has 1 aliphatic rings. The minimum Gasteiger partial charge on any atom is -0.374 e. The Kier molecular flexibility index (Phi) is 8.77. The lowest BCUT2D eigenvalue weighted by atomic mass is 10.1. The Balaban J connectivity index is 1.58. The quantitative estimate of drug-likeness (QED) is 0.410. The summed E-state index contributed by atoms with van der Waals surface area (Å²) in [6, 6.07) is 11.0. The van der Waals surface area contributed by atoms with Crippen molar-refractivity contribution in [3.05, 3.63) is 35.9 Å². The lowest BCUT2D eigenvalue weighted by Gasteiger charge is -2.24. The molecule has 0 bridgehead atoms. The fourth-order valence-electron chi connectivity index (χ4n) is 3.34. The molecule has 5 heteroatoms. The number of aliphatic imine (C=N–C) groups is 1. The molecule has 2 rings (SSSR count). The third-order valence-corrected chi connectivity index (χ3v) is 4.88. The number of likely N-dealkylation sites (N-methyl/N-ethyl adjacent to an activating group) is 1. The Labute approximate surface area is 152 Å². The van der Waals surface area contributed by atoms with Gasteiger partial charge in [0, 0.05) is 32.8 Å². The first kappa shape index (κ1) is 19.7. The van der Waals surface area contributed by atoms with Gasteiger partial charge in [-0.25, -0.2) is 0 Å². The van der Waals surface area contributed by atoms with E-state index in [2.05, 4.69) is 58.6 Å². The monoisotopic (exact) mass is 346 g/mol. The second-order valence-corrected chi connectivity index (χ2v) is 6.58. The van der Waals surface area contributed by atoms with E-state index in [1.165, 1.54) is 24.9 Å².